The molecule has 1 unspecified atom stereocenters. The van der Waals surface area contributed by atoms with E-state index in [-0.39, 0.29) is 36.0 Å². The molecule has 0 aliphatic heterocycles. The highest BCUT2D eigenvalue weighted by molar-refractivity contribution is 5.52. The van der Waals surface area contributed by atoms with Crippen molar-refractivity contribution in [1.29, 1.82) is 0 Å². The number of rotatable bonds is 7. The minimum atomic E-state index is -0.345. The van der Waals surface area contributed by atoms with Crippen LogP contribution < -0.4 is 0 Å². The first-order valence-corrected chi connectivity index (χ1v) is 9.02. The van der Waals surface area contributed by atoms with Gasteiger partial charge in [-0.25, -0.2) is 0 Å². The van der Waals surface area contributed by atoms with Crippen molar-refractivity contribution in [3.8, 4) is 11.5 Å². The van der Waals surface area contributed by atoms with Crippen LogP contribution in [0.25, 0.3) is 0 Å². The van der Waals surface area contributed by atoms with Gasteiger partial charge in [0.25, 0.3) is 0 Å². The van der Waals surface area contributed by atoms with Crippen LogP contribution in [0.3, 0.4) is 0 Å². The van der Waals surface area contributed by atoms with Crippen LogP contribution in [0.1, 0.15) is 56.6 Å². The van der Waals surface area contributed by atoms with Gasteiger partial charge in [0, 0.05) is 11.5 Å². The summed E-state index contributed by atoms with van der Waals surface area (Å²) in [6.45, 7) is 7.78. The Labute approximate surface area is 150 Å². The van der Waals surface area contributed by atoms with Crippen molar-refractivity contribution in [2.24, 2.45) is 5.92 Å². The maximum absolute atomic E-state index is 10.6. The first kappa shape index (κ1) is 19.5. The largest absolute Gasteiger partial charge is 0.507 e. The molecule has 0 saturated carbocycles. The van der Waals surface area contributed by atoms with Gasteiger partial charge >= 0.3 is 0 Å². The zero-order valence-corrected chi connectivity index (χ0v) is 15.2. The molecule has 0 amide bonds. The molecular formula is C21H30O4. The molecule has 138 valence electrons. The summed E-state index contributed by atoms with van der Waals surface area (Å²) in [6.07, 6.45) is 5.45. The SMILES string of the molecule is C=C(C)[C@@H]1CCC(CO)=C[C@H]1c1c(O)cc(CCCC(C)O)cc1O. The van der Waals surface area contributed by atoms with Crippen LogP contribution in [0.5, 0.6) is 11.5 Å². The third-order valence-electron chi connectivity index (χ3n) is 5.08. The van der Waals surface area contributed by atoms with Crippen molar-refractivity contribution in [3.63, 3.8) is 0 Å². The van der Waals surface area contributed by atoms with Crippen LogP contribution in [0.2, 0.25) is 0 Å². The molecule has 2 rings (SSSR count). The second-order valence-electron chi connectivity index (χ2n) is 7.29. The topological polar surface area (TPSA) is 80.9 Å². The average molecular weight is 346 g/mol. The van der Waals surface area contributed by atoms with Crippen LogP contribution >= 0.6 is 0 Å². The molecule has 0 spiro atoms. The monoisotopic (exact) mass is 346 g/mol. The van der Waals surface area contributed by atoms with Crippen LogP contribution in [0.4, 0.5) is 0 Å². The molecule has 0 saturated heterocycles. The average Bonchev–Trinajstić information content (AvgIpc) is 2.53. The zero-order chi connectivity index (χ0) is 18.6. The normalized spacial score (nSPS) is 21.7. The van der Waals surface area contributed by atoms with E-state index >= 15 is 0 Å². The third-order valence-corrected chi connectivity index (χ3v) is 5.08. The summed E-state index contributed by atoms with van der Waals surface area (Å²) in [5.41, 5.74) is 3.31. The highest BCUT2D eigenvalue weighted by Crippen LogP contribution is 2.46. The number of phenols is 2. The minimum absolute atomic E-state index is 0.00162. The molecule has 3 atom stereocenters. The van der Waals surface area contributed by atoms with Crippen LogP contribution in [0.15, 0.2) is 35.9 Å². The fraction of sp³-hybridized carbons (Fsp3) is 0.524. The van der Waals surface area contributed by atoms with E-state index in [1.54, 1.807) is 19.1 Å². The van der Waals surface area contributed by atoms with E-state index in [1.165, 1.54) is 0 Å². The van der Waals surface area contributed by atoms with E-state index in [0.29, 0.717) is 18.4 Å². The van der Waals surface area contributed by atoms with Gasteiger partial charge in [0.1, 0.15) is 11.5 Å². The van der Waals surface area contributed by atoms with E-state index < -0.39 is 0 Å². The molecule has 1 aromatic rings. The third kappa shape index (κ3) is 4.86. The number of aromatic hydroxyl groups is 2. The molecule has 0 aromatic heterocycles. The Hall–Kier alpha value is -1.78. The molecule has 0 radical (unpaired) electrons. The molecule has 0 heterocycles. The van der Waals surface area contributed by atoms with E-state index in [9.17, 15) is 20.4 Å². The molecule has 4 nitrogen and oxygen atoms in total. The lowest BCUT2D eigenvalue weighted by Crippen LogP contribution is -2.18. The summed E-state index contributed by atoms with van der Waals surface area (Å²) < 4.78 is 0. The Bertz CT molecular complexity index is 622. The second-order valence-corrected chi connectivity index (χ2v) is 7.29. The smallest absolute Gasteiger partial charge is 0.123 e. The quantitative estimate of drug-likeness (QED) is 0.566. The van der Waals surface area contributed by atoms with E-state index in [4.69, 9.17) is 0 Å². The predicted molar refractivity (Wildman–Crippen MR) is 99.8 cm³/mol. The summed E-state index contributed by atoms with van der Waals surface area (Å²) in [6, 6.07) is 3.40. The Morgan fingerprint density at radius 2 is 1.92 bits per heavy atom. The van der Waals surface area contributed by atoms with Gasteiger partial charge in [-0.2, -0.15) is 0 Å². The van der Waals surface area contributed by atoms with Crippen molar-refractivity contribution in [2.45, 2.75) is 58.0 Å². The second kappa shape index (κ2) is 8.54. The predicted octanol–water partition coefficient (Wildman–Crippen LogP) is 3.79. The maximum atomic E-state index is 10.6. The molecule has 0 fully saturated rings. The van der Waals surface area contributed by atoms with Crippen LogP contribution in [-0.4, -0.2) is 33.1 Å². The fourth-order valence-electron chi connectivity index (χ4n) is 3.71. The molecule has 1 aromatic carbocycles. The molecule has 4 N–H and O–H groups in total. The van der Waals surface area contributed by atoms with Crippen molar-refractivity contribution < 1.29 is 20.4 Å². The van der Waals surface area contributed by atoms with E-state index in [0.717, 1.165) is 36.0 Å². The molecule has 1 aliphatic carbocycles. The van der Waals surface area contributed by atoms with E-state index in [2.05, 4.69) is 6.58 Å². The van der Waals surface area contributed by atoms with Gasteiger partial charge in [0.2, 0.25) is 0 Å². The standard InChI is InChI=1S/C21H30O4/c1-13(2)17-8-7-16(12-22)9-18(17)21-19(24)10-15(11-20(21)25)6-4-5-14(3)23/h9-11,14,17-18,22-25H,1,4-8,12H2,2-3H3/t14?,17-,18+/m0/s1. The van der Waals surface area contributed by atoms with Crippen molar-refractivity contribution in [3.05, 3.63) is 47.1 Å². The summed E-state index contributed by atoms with van der Waals surface area (Å²) in [5, 5.41) is 39.9. The molecule has 0 bridgehead atoms. The van der Waals surface area contributed by atoms with Crippen LogP contribution in [-0.2, 0) is 6.42 Å². The molecule has 1 aliphatic rings. The minimum Gasteiger partial charge on any atom is -0.507 e. The van der Waals surface area contributed by atoms with E-state index in [1.807, 2.05) is 13.0 Å². The Morgan fingerprint density at radius 1 is 1.28 bits per heavy atom. The summed E-state index contributed by atoms with van der Waals surface area (Å²) >= 11 is 0. The number of benzene rings is 1. The highest BCUT2D eigenvalue weighted by Gasteiger charge is 2.30. The number of aliphatic hydroxyl groups excluding tert-OH is 2. The van der Waals surface area contributed by atoms with Crippen LogP contribution in [0, 0.1) is 5.92 Å². The first-order chi connectivity index (χ1) is 11.8. The van der Waals surface area contributed by atoms with Gasteiger partial charge in [0.15, 0.2) is 0 Å². The number of aryl methyl sites for hydroxylation is 1. The summed E-state index contributed by atoms with van der Waals surface area (Å²) in [5.74, 6) is 0.116. The lowest BCUT2D eigenvalue weighted by Gasteiger charge is -2.31. The number of hydrogen-bond acceptors (Lipinski definition) is 4. The van der Waals surface area contributed by atoms with Gasteiger partial charge in [0.05, 0.1) is 12.7 Å². The van der Waals surface area contributed by atoms with Gasteiger partial charge in [-0.05, 0) is 75.1 Å². The molecule has 4 heteroatoms. The van der Waals surface area contributed by atoms with Gasteiger partial charge in [-0.1, -0.05) is 18.2 Å². The molecule has 25 heavy (non-hydrogen) atoms. The summed E-state index contributed by atoms with van der Waals surface area (Å²) in [4.78, 5) is 0. The maximum Gasteiger partial charge on any atom is 0.123 e. The van der Waals surface area contributed by atoms with Gasteiger partial charge in [-0.3, -0.25) is 0 Å². The first-order valence-electron chi connectivity index (χ1n) is 9.02. The number of allylic oxidation sites excluding steroid dienone is 2. The lowest BCUT2D eigenvalue weighted by molar-refractivity contribution is 0.181. The number of hydrogen-bond donors (Lipinski definition) is 4. The van der Waals surface area contributed by atoms with Crippen molar-refractivity contribution >= 4 is 0 Å². The fourth-order valence-corrected chi connectivity index (χ4v) is 3.71. The number of phenolic OH excluding ortho intramolecular Hbond substituents is 2. The Morgan fingerprint density at radius 3 is 2.44 bits per heavy atom. The zero-order valence-electron chi connectivity index (χ0n) is 15.2. The van der Waals surface area contributed by atoms with Gasteiger partial charge in [-0.15, -0.1) is 0 Å². The number of aliphatic hydroxyl groups is 2. The van der Waals surface area contributed by atoms with Crippen molar-refractivity contribution in [1.82, 2.24) is 0 Å². The molecular weight excluding hydrogens is 316 g/mol. The Kier molecular flexibility index (Phi) is 6.68. The summed E-state index contributed by atoms with van der Waals surface area (Å²) in [7, 11) is 0. The lowest BCUT2D eigenvalue weighted by atomic mass is 9.73. The van der Waals surface area contributed by atoms with Gasteiger partial charge < -0.3 is 20.4 Å². The highest BCUT2D eigenvalue weighted by atomic mass is 16.3. The Balaban J connectivity index is 2.31. The van der Waals surface area contributed by atoms with Crippen molar-refractivity contribution in [2.75, 3.05) is 6.61 Å².